The third-order valence-corrected chi connectivity index (χ3v) is 8.20. The number of anilines is 3. The van der Waals surface area contributed by atoms with E-state index in [1.165, 1.54) is 12.1 Å². The molecule has 0 spiro atoms. The van der Waals surface area contributed by atoms with Gasteiger partial charge in [-0.2, -0.15) is 0 Å². The lowest BCUT2D eigenvalue weighted by atomic mass is 9.82. The summed E-state index contributed by atoms with van der Waals surface area (Å²) in [6.45, 7) is 5.75. The number of fused-ring (bicyclic) bond motifs is 2. The van der Waals surface area contributed by atoms with E-state index in [0.717, 1.165) is 28.3 Å². The van der Waals surface area contributed by atoms with E-state index < -0.39 is 32.3 Å². The zero-order valence-electron chi connectivity index (χ0n) is 22.5. The Bertz CT molecular complexity index is 1880. The number of hydrogen-bond acceptors (Lipinski definition) is 8. The monoisotopic (exact) mass is 568 g/mol. The van der Waals surface area contributed by atoms with Crippen LogP contribution in [-0.2, 0) is 16.7 Å². The second-order valence-corrected chi connectivity index (χ2v) is 11.3. The van der Waals surface area contributed by atoms with Gasteiger partial charge in [0.05, 0.1) is 27.4 Å². The van der Waals surface area contributed by atoms with Gasteiger partial charge in [0.2, 0.25) is 0 Å². The van der Waals surface area contributed by atoms with Crippen molar-refractivity contribution >= 4 is 44.7 Å². The molecule has 0 heterocycles. The quantitative estimate of drug-likeness (QED) is 0.199. The van der Waals surface area contributed by atoms with Crippen LogP contribution in [0.5, 0.6) is 0 Å². The van der Waals surface area contributed by atoms with E-state index in [1.54, 1.807) is 36.4 Å². The fourth-order valence-corrected chi connectivity index (χ4v) is 5.92. The summed E-state index contributed by atoms with van der Waals surface area (Å²) in [6.07, 6.45) is 0. The second-order valence-electron chi connectivity index (χ2n) is 9.91. The second kappa shape index (κ2) is 10.3. The van der Waals surface area contributed by atoms with Crippen LogP contribution in [0.1, 0.15) is 64.5 Å². The van der Waals surface area contributed by atoms with E-state index >= 15 is 0 Å². The highest BCUT2D eigenvalue weighted by Gasteiger charge is 2.35. The number of nitrogen functional groups attached to an aromatic ring is 1. The Hall–Kier alpha value is -4.80. The molecule has 1 aliphatic rings. The molecule has 0 saturated carbocycles. The van der Waals surface area contributed by atoms with Gasteiger partial charge in [0.25, 0.3) is 5.91 Å². The molecule has 4 N–H and O–H groups in total. The van der Waals surface area contributed by atoms with Gasteiger partial charge in [-0.25, -0.2) is 8.42 Å². The zero-order chi connectivity index (χ0) is 29.6. The molecular formula is C31H26N3O6S-. The first kappa shape index (κ1) is 27.8. The van der Waals surface area contributed by atoms with Crippen LogP contribution in [0, 0.1) is 20.8 Å². The summed E-state index contributed by atoms with van der Waals surface area (Å²) in [7, 11) is -5.11. The smallest absolute Gasteiger partial charge is 0.251 e. The highest BCUT2D eigenvalue weighted by Crippen LogP contribution is 2.41. The van der Waals surface area contributed by atoms with Gasteiger partial charge in [-0.05, 0) is 61.2 Å². The van der Waals surface area contributed by atoms with Crippen molar-refractivity contribution in [3.63, 3.8) is 0 Å². The van der Waals surface area contributed by atoms with Gasteiger partial charge in [0.1, 0.15) is 10.1 Å². The largest absolute Gasteiger partial charge is 0.744 e. The summed E-state index contributed by atoms with van der Waals surface area (Å²) in [5.41, 5.74) is 9.46. The minimum Gasteiger partial charge on any atom is -0.744 e. The Labute approximate surface area is 237 Å². The average molecular weight is 569 g/mol. The third kappa shape index (κ3) is 4.88. The van der Waals surface area contributed by atoms with E-state index in [2.05, 4.69) is 10.6 Å². The van der Waals surface area contributed by atoms with Crippen molar-refractivity contribution in [2.24, 2.45) is 0 Å². The van der Waals surface area contributed by atoms with Crippen molar-refractivity contribution < 1.29 is 27.4 Å². The Morgan fingerprint density at radius 1 is 0.854 bits per heavy atom. The standard InChI is InChI=1S/C31H27N3O6S/c1-16-13-17(2)28(18(3)22(16)15-33-31(37)19-9-5-4-6-10-19)34-23-14-24(41(38,39)40)27(32)26-25(23)29(35)20-11-7-8-12-21(20)30(26)36/h4-14,34H,15,32H2,1-3H3,(H,33,37)(H,38,39,40)/p-1. The number of aryl methyl sites for hydroxylation is 2. The SMILES string of the molecule is Cc1cc(C)c(Nc2cc(S(=O)(=O)[O-])c(N)c3c2C(=O)c2ccccc2C3=O)c(C)c1CNC(=O)c1ccccc1. The van der Waals surface area contributed by atoms with E-state index in [9.17, 15) is 27.4 Å². The topological polar surface area (TPSA) is 158 Å². The molecule has 208 valence electrons. The van der Waals surface area contributed by atoms with Gasteiger partial charge in [0.15, 0.2) is 11.6 Å². The first-order chi connectivity index (χ1) is 19.4. The molecule has 4 aromatic rings. The van der Waals surface area contributed by atoms with Crippen LogP contribution in [0.15, 0.2) is 71.6 Å². The molecule has 0 aliphatic heterocycles. The molecule has 0 unspecified atom stereocenters. The molecule has 10 heteroatoms. The van der Waals surface area contributed by atoms with Crippen LogP contribution >= 0.6 is 0 Å². The lowest BCUT2D eigenvalue weighted by Gasteiger charge is -2.26. The molecule has 0 bridgehead atoms. The molecule has 9 nitrogen and oxygen atoms in total. The number of hydrogen-bond donors (Lipinski definition) is 3. The average Bonchev–Trinajstić information content (AvgIpc) is 2.94. The normalized spacial score (nSPS) is 12.5. The summed E-state index contributed by atoms with van der Waals surface area (Å²) < 4.78 is 36.5. The van der Waals surface area contributed by atoms with Crippen LogP contribution in [0.25, 0.3) is 0 Å². The van der Waals surface area contributed by atoms with E-state index in [4.69, 9.17) is 5.73 Å². The molecule has 1 aliphatic carbocycles. The van der Waals surface area contributed by atoms with Gasteiger partial charge in [0, 0.05) is 28.9 Å². The van der Waals surface area contributed by atoms with Gasteiger partial charge in [-0.3, -0.25) is 14.4 Å². The number of carbonyl (C=O) groups is 3. The Kier molecular flexibility index (Phi) is 6.98. The zero-order valence-corrected chi connectivity index (χ0v) is 23.3. The highest BCUT2D eigenvalue weighted by molar-refractivity contribution is 7.86. The number of carbonyl (C=O) groups excluding carboxylic acids is 3. The molecule has 41 heavy (non-hydrogen) atoms. The lowest BCUT2D eigenvalue weighted by Crippen LogP contribution is -2.25. The first-order valence-corrected chi connectivity index (χ1v) is 14.1. The summed E-state index contributed by atoms with van der Waals surface area (Å²) in [5, 5.41) is 6.05. The molecular weight excluding hydrogens is 542 g/mol. The van der Waals surface area contributed by atoms with Gasteiger partial charge >= 0.3 is 0 Å². The van der Waals surface area contributed by atoms with Crippen molar-refractivity contribution in [2.45, 2.75) is 32.2 Å². The molecule has 0 saturated heterocycles. The van der Waals surface area contributed by atoms with Gasteiger partial charge in [-0.1, -0.05) is 48.5 Å². The molecule has 0 aromatic heterocycles. The number of rotatable bonds is 6. The Balaban J connectivity index is 1.63. The lowest BCUT2D eigenvalue weighted by molar-refractivity contribution is 0.0950. The maximum atomic E-state index is 13.7. The van der Waals surface area contributed by atoms with Crippen molar-refractivity contribution in [1.82, 2.24) is 5.32 Å². The minimum absolute atomic E-state index is 0.0363. The maximum Gasteiger partial charge on any atom is 0.251 e. The van der Waals surface area contributed by atoms with Crippen LogP contribution in [0.4, 0.5) is 17.1 Å². The van der Waals surface area contributed by atoms with Gasteiger partial charge < -0.3 is 20.9 Å². The van der Waals surface area contributed by atoms with Crippen LogP contribution in [0.3, 0.4) is 0 Å². The van der Waals surface area contributed by atoms with Crippen LogP contribution in [-0.4, -0.2) is 30.4 Å². The molecule has 0 atom stereocenters. The summed E-state index contributed by atoms with van der Waals surface area (Å²) in [4.78, 5) is 39.0. The van der Waals surface area contributed by atoms with Crippen molar-refractivity contribution in [1.29, 1.82) is 0 Å². The van der Waals surface area contributed by atoms with Crippen molar-refractivity contribution in [2.75, 3.05) is 11.1 Å². The fourth-order valence-electron chi connectivity index (χ4n) is 5.28. The highest BCUT2D eigenvalue weighted by atomic mass is 32.2. The number of benzene rings is 4. The molecule has 4 aromatic carbocycles. The first-order valence-electron chi connectivity index (χ1n) is 12.7. The Morgan fingerprint density at radius 2 is 1.44 bits per heavy atom. The summed E-state index contributed by atoms with van der Waals surface area (Å²) in [5.74, 6) is -1.43. The van der Waals surface area contributed by atoms with E-state index in [-0.39, 0.29) is 40.4 Å². The van der Waals surface area contributed by atoms with Crippen LogP contribution in [0.2, 0.25) is 0 Å². The van der Waals surface area contributed by atoms with E-state index in [0.29, 0.717) is 11.3 Å². The third-order valence-electron chi connectivity index (χ3n) is 7.32. The maximum absolute atomic E-state index is 13.7. The molecule has 0 radical (unpaired) electrons. The fraction of sp³-hybridized carbons (Fsp3) is 0.129. The van der Waals surface area contributed by atoms with Crippen molar-refractivity contribution in [3.05, 3.63) is 117 Å². The van der Waals surface area contributed by atoms with Crippen molar-refractivity contribution in [3.8, 4) is 0 Å². The summed E-state index contributed by atoms with van der Waals surface area (Å²) in [6, 6.07) is 17.8. The predicted molar refractivity (Wildman–Crippen MR) is 154 cm³/mol. The minimum atomic E-state index is -5.11. The Morgan fingerprint density at radius 3 is 2.05 bits per heavy atom. The molecule has 5 rings (SSSR count). The molecule has 1 amide bonds. The number of amides is 1. The molecule has 0 fully saturated rings. The summed E-state index contributed by atoms with van der Waals surface area (Å²) >= 11 is 0. The van der Waals surface area contributed by atoms with Crippen LogP contribution < -0.4 is 16.4 Å². The number of nitrogens with one attached hydrogen (secondary N) is 2. The van der Waals surface area contributed by atoms with Gasteiger partial charge in [-0.15, -0.1) is 0 Å². The van der Waals surface area contributed by atoms with E-state index in [1.807, 2.05) is 32.9 Å². The predicted octanol–water partition coefficient (Wildman–Crippen LogP) is 4.55. The number of ketones is 2. The number of nitrogens with two attached hydrogens (primary N) is 1.